The second-order valence-corrected chi connectivity index (χ2v) is 8.41. The minimum Gasteiger partial charge on any atom is -0.481 e. The van der Waals surface area contributed by atoms with E-state index in [2.05, 4.69) is 0 Å². The lowest BCUT2D eigenvalue weighted by molar-refractivity contribution is -0.137. The van der Waals surface area contributed by atoms with Crippen molar-refractivity contribution in [2.75, 3.05) is 0 Å². The Morgan fingerprint density at radius 3 is 2.48 bits per heavy atom. The van der Waals surface area contributed by atoms with Gasteiger partial charge in [-0.1, -0.05) is 39.3 Å². The molecule has 0 radical (unpaired) electrons. The molecule has 2 N–H and O–H groups in total. The molecule has 1 aliphatic rings. The van der Waals surface area contributed by atoms with Crippen molar-refractivity contribution in [1.82, 2.24) is 0 Å². The SMILES string of the molecule is CCC(C)(C)C(=O)CC[C@H]1C(O)CC(=O)C1C/C=C\CCCCCC(=O)O. The van der Waals surface area contributed by atoms with Crippen LogP contribution in [0, 0.1) is 17.3 Å². The molecule has 0 spiro atoms. The summed E-state index contributed by atoms with van der Waals surface area (Å²) < 4.78 is 0. The maximum absolute atomic E-state index is 12.4. The predicted octanol–water partition coefficient (Wildman–Crippen LogP) is 4.32. The normalized spacial score (nSPS) is 23.3. The van der Waals surface area contributed by atoms with Crippen LogP contribution in [0.2, 0.25) is 0 Å². The molecule has 0 aromatic heterocycles. The first-order chi connectivity index (χ1) is 12.7. The minimum atomic E-state index is -0.754. The van der Waals surface area contributed by atoms with Gasteiger partial charge in [0, 0.05) is 30.6 Å². The van der Waals surface area contributed by atoms with E-state index in [4.69, 9.17) is 5.11 Å². The fraction of sp³-hybridized carbons (Fsp3) is 0.773. The van der Waals surface area contributed by atoms with Crippen molar-refractivity contribution < 1.29 is 24.6 Å². The number of hydrogen-bond acceptors (Lipinski definition) is 4. The summed E-state index contributed by atoms with van der Waals surface area (Å²) >= 11 is 0. The lowest BCUT2D eigenvalue weighted by Crippen LogP contribution is -2.26. The van der Waals surface area contributed by atoms with Crippen LogP contribution < -0.4 is 0 Å². The van der Waals surface area contributed by atoms with Gasteiger partial charge in [0.05, 0.1) is 6.10 Å². The summed E-state index contributed by atoms with van der Waals surface area (Å²) in [7, 11) is 0. The van der Waals surface area contributed by atoms with Crippen molar-refractivity contribution in [3.63, 3.8) is 0 Å². The molecule has 1 aliphatic carbocycles. The van der Waals surface area contributed by atoms with Crippen molar-refractivity contribution in [3.05, 3.63) is 12.2 Å². The zero-order chi connectivity index (χ0) is 20.4. The summed E-state index contributed by atoms with van der Waals surface area (Å²) in [4.78, 5) is 35.0. The molecule has 1 saturated carbocycles. The number of carbonyl (C=O) groups excluding carboxylic acids is 2. The maximum atomic E-state index is 12.4. The first-order valence-electron chi connectivity index (χ1n) is 10.3. The third kappa shape index (κ3) is 7.96. The summed E-state index contributed by atoms with van der Waals surface area (Å²) in [5.41, 5.74) is -0.344. The van der Waals surface area contributed by atoms with Crippen molar-refractivity contribution in [1.29, 1.82) is 0 Å². The van der Waals surface area contributed by atoms with Crippen LogP contribution in [0.1, 0.15) is 85.0 Å². The minimum absolute atomic E-state index is 0.0980. The molecule has 154 valence electrons. The lowest BCUT2D eigenvalue weighted by atomic mass is 9.80. The van der Waals surface area contributed by atoms with E-state index < -0.39 is 12.1 Å². The van der Waals surface area contributed by atoms with Crippen LogP contribution in [0.4, 0.5) is 0 Å². The zero-order valence-corrected chi connectivity index (χ0v) is 17.1. The number of aliphatic hydroxyl groups is 1. The quantitative estimate of drug-likeness (QED) is 0.367. The maximum Gasteiger partial charge on any atom is 0.303 e. The number of hydrogen-bond donors (Lipinski definition) is 2. The topological polar surface area (TPSA) is 91.7 Å². The number of ketones is 2. The molecule has 1 rings (SSSR count). The Kier molecular flexibility index (Phi) is 9.92. The van der Waals surface area contributed by atoms with Crippen LogP contribution in [0.15, 0.2) is 12.2 Å². The highest BCUT2D eigenvalue weighted by Crippen LogP contribution is 2.36. The average molecular weight is 381 g/mol. The molecule has 0 saturated heterocycles. The van der Waals surface area contributed by atoms with E-state index in [1.807, 2.05) is 32.9 Å². The molecule has 0 amide bonds. The van der Waals surface area contributed by atoms with E-state index in [0.29, 0.717) is 25.7 Å². The molecule has 27 heavy (non-hydrogen) atoms. The molecule has 0 aliphatic heterocycles. The second-order valence-electron chi connectivity index (χ2n) is 8.41. The number of allylic oxidation sites excluding steroid dienone is 2. The highest BCUT2D eigenvalue weighted by atomic mass is 16.4. The Bertz CT molecular complexity index is 535. The molecule has 3 atom stereocenters. The van der Waals surface area contributed by atoms with E-state index >= 15 is 0 Å². The van der Waals surface area contributed by atoms with Gasteiger partial charge < -0.3 is 10.2 Å². The van der Waals surface area contributed by atoms with Crippen molar-refractivity contribution in [2.24, 2.45) is 17.3 Å². The first-order valence-corrected chi connectivity index (χ1v) is 10.3. The van der Waals surface area contributed by atoms with Gasteiger partial charge in [-0.25, -0.2) is 0 Å². The smallest absolute Gasteiger partial charge is 0.303 e. The highest BCUT2D eigenvalue weighted by Gasteiger charge is 2.41. The van der Waals surface area contributed by atoms with E-state index in [9.17, 15) is 19.5 Å². The molecule has 0 aromatic carbocycles. The average Bonchev–Trinajstić information content (AvgIpc) is 2.87. The number of carbonyl (C=O) groups is 3. The van der Waals surface area contributed by atoms with Gasteiger partial charge in [0.15, 0.2) is 0 Å². The fourth-order valence-corrected chi connectivity index (χ4v) is 3.62. The van der Waals surface area contributed by atoms with Gasteiger partial charge in [-0.2, -0.15) is 0 Å². The lowest BCUT2D eigenvalue weighted by Gasteiger charge is -2.24. The van der Waals surface area contributed by atoms with Crippen LogP contribution in [0.25, 0.3) is 0 Å². The Morgan fingerprint density at radius 1 is 1.15 bits per heavy atom. The predicted molar refractivity (Wildman–Crippen MR) is 105 cm³/mol. The molecule has 2 unspecified atom stereocenters. The molecule has 1 fully saturated rings. The van der Waals surface area contributed by atoms with E-state index in [0.717, 1.165) is 25.7 Å². The summed E-state index contributed by atoms with van der Waals surface area (Å²) in [6, 6.07) is 0. The van der Waals surface area contributed by atoms with Gasteiger partial charge in [-0.15, -0.1) is 0 Å². The van der Waals surface area contributed by atoms with E-state index in [1.165, 1.54) is 0 Å². The summed E-state index contributed by atoms with van der Waals surface area (Å²) in [6.45, 7) is 5.89. The van der Waals surface area contributed by atoms with Gasteiger partial charge in [-0.05, 0) is 44.4 Å². The largest absolute Gasteiger partial charge is 0.481 e. The zero-order valence-electron chi connectivity index (χ0n) is 17.1. The molecule has 5 nitrogen and oxygen atoms in total. The van der Waals surface area contributed by atoms with Gasteiger partial charge in [0.1, 0.15) is 11.6 Å². The van der Waals surface area contributed by atoms with Crippen molar-refractivity contribution in [3.8, 4) is 0 Å². The Balaban J connectivity index is 2.42. The van der Waals surface area contributed by atoms with Crippen LogP contribution in [-0.2, 0) is 14.4 Å². The van der Waals surface area contributed by atoms with E-state index in [1.54, 1.807) is 0 Å². The second kappa shape index (κ2) is 11.4. The monoisotopic (exact) mass is 380 g/mol. The van der Waals surface area contributed by atoms with Crippen LogP contribution in [0.5, 0.6) is 0 Å². The number of aliphatic carboxylic acids is 1. The summed E-state index contributed by atoms with van der Waals surface area (Å²) in [5.74, 6) is -0.779. The third-order valence-corrected chi connectivity index (χ3v) is 6.00. The molecule has 5 heteroatoms. The number of rotatable bonds is 13. The molecular weight excluding hydrogens is 344 g/mol. The molecule has 0 aromatic rings. The van der Waals surface area contributed by atoms with Crippen LogP contribution in [0.3, 0.4) is 0 Å². The number of unbranched alkanes of at least 4 members (excludes halogenated alkanes) is 3. The highest BCUT2D eigenvalue weighted by molar-refractivity contribution is 5.85. The molecule has 0 bridgehead atoms. The summed E-state index contributed by atoms with van der Waals surface area (Å²) in [5, 5.41) is 18.8. The third-order valence-electron chi connectivity index (χ3n) is 6.00. The van der Waals surface area contributed by atoms with Gasteiger partial charge in [0.2, 0.25) is 0 Å². The number of Topliss-reactive ketones (excluding diaryl/α,β-unsaturated/α-hetero) is 2. The van der Waals surface area contributed by atoms with Crippen LogP contribution >= 0.6 is 0 Å². The van der Waals surface area contributed by atoms with Gasteiger partial charge >= 0.3 is 5.97 Å². The number of carboxylic acid groups (broad SMARTS) is 1. The number of carboxylic acids is 1. The Labute approximate surface area is 163 Å². The van der Waals surface area contributed by atoms with E-state index in [-0.39, 0.29) is 41.7 Å². The Hall–Kier alpha value is -1.49. The van der Waals surface area contributed by atoms with Crippen LogP contribution in [-0.4, -0.2) is 33.9 Å². The molecular formula is C22H36O5. The Morgan fingerprint density at radius 2 is 1.85 bits per heavy atom. The van der Waals surface area contributed by atoms with Crippen molar-refractivity contribution in [2.45, 2.75) is 91.1 Å². The fourth-order valence-electron chi connectivity index (χ4n) is 3.62. The summed E-state index contributed by atoms with van der Waals surface area (Å²) in [6.07, 6.45) is 9.60. The molecule has 0 heterocycles. The van der Waals surface area contributed by atoms with Crippen molar-refractivity contribution >= 4 is 17.5 Å². The first kappa shape index (κ1) is 23.5. The van der Waals surface area contributed by atoms with Gasteiger partial charge in [0.25, 0.3) is 0 Å². The van der Waals surface area contributed by atoms with Gasteiger partial charge in [-0.3, -0.25) is 14.4 Å². The number of aliphatic hydroxyl groups excluding tert-OH is 1. The standard InChI is InChI=1S/C22H36O5/c1-4-22(2,3)20(25)14-13-17-16(18(23)15-19(17)24)11-9-7-5-6-8-10-12-21(26)27/h7,9,16-17,19,24H,4-6,8,10-15H2,1-3H3,(H,26,27)/b9-7-/t16?,17-,19?/m1/s1.